The van der Waals surface area contributed by atoms with E-state index in [0.29, 0.717) is 0 Å². The summed E-state index contributed by atoms with van der Waals surface area (Å²) in [5, 5.41) is 3.31. The van der Waals surface area contributed by atoms with E-state index in [4.69, 9.17) is 4.74 Å². The Balaban J connectivity index is 0.000000845. The fraction of sp³-hybridized carbons (Fsp3) is 1.00. The minimum atomic E-state index is 0. The molecule has 3 nitrogen and oxygen atoms in total. The van der Waals surface area contributed by atoms with Gasteiger partial charge in [0.15, 0.2) is 0 Å². The minimum Gasteiger partial charge on any atom is -0.381 e. The van der Waals surface area contributed by atoms with E-state index in [-0.39, 0.29) is 24.8 Å². The zero-order valence-electron chi connectivity index (χ0n) is 8.57. The molecule has 0 unspecified atom stereocenters. The van der Waals surface area contributed by atoms with Gasteiger partial charge in [-0.25, -0.2) is 0 Å². The van der Waals surface area contributed by atoms with Gasteiger partial charge in [-0.05, 0) is 19.9 Å². The summed E-state index contributed by atoms with van der Waals surface area (Å²) in [6.45, 7) is 4.26. The van der Waals surface area contributed by atoms with Crippen LogP contribution in [-0.2, 0) is 4.74 Å². The number of hydrogen-bond acceptors (Lipinski definition) is 3. The SMILES string of the molecule is CN(C1CCOCC1)C1CNC1.Cl.Cl. The molecular formula is C9H20Cl2N2O. The second-order valence-corrected chi connectivity index (χ2v) is 3.82. The Labute approximate surface area is 98.4 Å². The number of nitrogens with one attached hydrogen (secondary N) is 1. The van der Waals surface area contributed by atoms with Crippen molar-refractivity contribution in [1.82, 2.24) is 10.2 Å². The molecule has 2 fully saturated rings. The van der Waals surface area contributed by atoms with E-state index in [1.54, 1.807) is 0 Å². The van der Waals surface area contributed by atoms with Gasteiger partial charge < -0.3 is 10.1 Å². The lowest BCUT2D eigenvalue weighted by atomic mass is 10.0. The number of ether oxygens (including phenoxy) is 1. The summed E-state index contributed by atoms with van der Waals surface area (Å²) in [6.07, 6.45) is 2.43. The molecule has 1 N–H and O–H groups in total. The number of likely N-dealkylation sites (N-methyl/N-ethyl adjacent to an activating group) is 1. The summed E-state index contributed by atoms with van der Waals surface area (Å²) in [7, 11) is 2.25. The number of rotatable bonds is 2. The first-order valence-electron chi connectivity index (χ1n) is 4.88. The number of hydrogen-bond donors (Lipinski definition) is 1. The lowest BCUT2D eigenvalue weighted by molar-refractivity contribution is 0.0192. The lowest BCUT2D eigenvalue weighted by Gasteiger charge is -2.41. The van der Waals surface area contributed by atoms with Crippen LogP contribution in [0.2, 0.25) is 0 Å². The molecule has 2 rings (SSSR count). The van der Waals surface area contributed by atoms with E-state index in [1.807, 2.05) is 0 Å². The van der Waals surface area contributed by atoms with E-state index < -0.39 is 0 Å². The van der Waals surface area contributed by atoms with Crippen molar-refractivity contribution in [2.75, 3.05) is 33.4 Å². The Morgan fingerprint density at radius 1 is 1.07 bits per heavy atom. The van der Waals surface area contributed by atoms with Crippen LogP contribution < -0.4 is 5.32 Å². The molecule has 0 amide bonds. The van der Waals surface area contributed by atoms with E-state index in [0.717, 1.165) is 25.3 Å². The Hall–Kier alpha value is 0.460. The summed E-state index contributed by atoms with van der Waals surface area (Å²) >= 11 is 0. The van der Waals surface area contributed by atoms with Crippen molar-refractivity contribution in [2.45, 2.75) is 24.9 Å². The molecule has 0 saturated carbocycles. The quantitative estimate of drug-likeness (QED) is 0.780. The molecule has 0 aliphatic carbocycles. The Bertz CT molecular complexity index is 150. The molecule has 0 bridgehead atoms. The van der Waals surface area contributed by atoms with Crippen molar-refractivity contribution in [3.63, 3.8) is 0 Å². The molecule has 2 saturated heterocycles. The molecule has 14 heavy (non-hydrogen) atoms. The molecule has 0 aromatic heterocycles. The van der Waals surface area contributed by atoms with Crippen LogP contribution >= 0.6 is 24.8 Å². The van der Waals surface area contributed by atoms with Gasteiger partial charge >= 0.3 is 0 Å². The standard InChI is InChI=1S/C9H18N2O.2ClH/c1-11(9-6-10-7-9)8-2-4-12-5-3-8;;/h8-10H,2-7H2,1H3;2*1H. The van der Waals surface area contributed by atoms with E-state index in [1.165, 1.54) is 25.9 Å². The average Bonchev–Trinajstić information content (AvgIpc) is 2.03. The van der Waals surface area contributed by atoms with Gasteiger partial charge in [-0.3, -0.25) is 4.90 Å². The highest BCUT2D eigenvalue weighted by molar-refractivity contribution is 5.85. The zero-order valence-corrected chi connectivity index (χ0v) is 10.2. The molecule has 2 aliphatic rings. The molecule has 86 valence electrons. The van der Waals surface area contributed by atoms with Gasteiger partial charge in [0.2, 0.25) is 0 Å². The van der Waals surface area contributed by atoms with E-state index >= 15 is 0 Å². The highest BCUT2D eigenvalue weighted by Crippen LogP contribution is 2.16. The van der Waals surface area contributed by atoms with Crippen LogP contribution in [0, 0.1) is 0 Å². The second-order valence-electron chi connectivity index (χ2n) is 3.82. The molecule has 0 aromatic rings. The first kappa shape index (κ1) is 14.5. The summed E-state index contributed by atoms with van der Waals surface area (Å²) in [6, 6.07) is 1.55. The molecule has 0 radical (unpaired) electrons. The maximum atomic E-state index is 5.34. The highest BCUT2D eigenvalue weighted by Gasteiger charge is 2.28. The third kappa shape index (κ3) is 3.24. The summed E-state index contributed by atoms with van der Waals surface area (Å²) in [4.78, 5) is 2.53. The predicted octanol–water partition coefficient (Wildman–Crippen LogP) is 0.913. The maximum Gasteiger partial charge on any atom is 0.0480 e. The van der Waals surface area contributed by atoms with Crippen molar-refractivity contribution < 1.29 is 4.74 Å². The Morgan fingerprint density at radius 3 is 2.07 bits per heavy atom. The van der Waals surface area contributed by atoms with Gasteiger partial charge in [-0.15, -0.1) is 24.8 Å². The minimum absolute atomic E-state index is 0. The van der Waals surface area contributed by atoms with Gasteiger partial charge in [0.25, 0.3) is 0 Å². The normalized spacial score (nSPS) is 23.6. The van der Waals surface area contributed by atoms with Crippen LogP contribution in [0.4, 0.5) is 0 Å². The van der Waals surface area contributed by atoms with Gasteiger partial charge in [-0.2, -0.15) is 0 Å². The highest BCUT2D eigenvalue weighted by atomic mass is 35.5. The lowest BCUT2D eigenvalue weighted by Crippen LogP contribution is -2.59. The molecule has 5 heteroatoms. The Morgan fingerprint density at radius 2 is 1.64 bits per heavy atom. The molecule has 2 heterocycles. The fourth-order valence-electron chi connectivity index (χ4n) is 1.95. The van der Waals surface area contributed by atoms with Gasteiger partial charge in [-0.1, -0.05) is 0 Å². The van der Waals surface area contributed by atoms with Crippen LogP contribution in [0.5, 0.6) is 0 Å². The summed E-state index contributed by atoms with van der Waals surface area (Å²) in [5.74, 6) is 0. The molecule has 0 atom stereocenters. The smallest absolute Gasteiger partial charge is 0.0480 e. The predicted molar refractivity (Wildman–Crippen MR) is 62.8 cm³/mol. The molecule has 0 spiro atoms. The van der Waals surface area contributed by atoms with Crippen molar-refractivity contribution in [3.8, 4) is 0 Å². The average molecular weight is 243 g/mol. The van der Waals surface area contributed by atoms with Gasteiger partial charge in [0.05, 0.1) is 0 Å². The zero-order chi connectivity index (χ0) is 8.39. The van der Waals surface area contributed by atoms with Crippen molar-refractivity contribution >= 4 is 24.8 Å². The van der Waals surface area contributed by atoms with Crippen molar-refractivity contribution in [2.24, 2.45) is 0 Å². The van der Waals surface area contributed by atoms with Crippen LogP contribution in [-0.4, -0.2) is 50.3 Å². The van der Waals surface area contributed by atoms with Gasteiger partial charge in [0.1, 0.15) is 0 Å². The van der Waals surface area contributed by atoms with E-state index in [2.05, 4.69) is 17.3 Å². The monoisotopic (exact) mass is 242 g/mol. The number of halogens is 2. The molecule has 2 aliphatic heterocycles. The first-order valence-corrected chi connectivity index (χ1v) is 4.88. The maximum absolute atomic E-state index is 5.34. The Kier molecular flexibility index (Phi) is 7.08. The van der Waals surface area contributed by atoms with Crippen molar-refractivity contribution in [3.05, 3.63) is 0 Å². The largest absolute Gasteiger partial charge is 0.381 e. The van der Waals surface area contributed by atoms with Crippen molar-refractivity contribution in [1.29, 1.82) is 0 Å². The molecular weight excluding hydrogens is 223 g/mol. The van der Waals surface area contributed by atoms with Crippen LogP contribution in [0.25, 0.3) is 0 Å². The first-order chi connectivity index (χ1) is 5.88. The van der Waals surface area contributed by atoms with Crippen LogP contribution in [0.3, 0.4) is 0 Å². The summed E-state index contributed by atoms with van der Waals surface area (Å²) in [5.41, 5.74) is 0. The number of nitrogens with zero attached hydrogens (tertiary/aromatic N) is 1. The topological polar surface area (TPSA) is 24.5 Å². The van der Waals surface area contributed by atoms with Crippen LogP contribution in [0.1, 0.15) is 12.8 Å². The summed E-state index contributed by atoms with van der Waals surface area (Å²) < 4.78 is 5.34. The third-order valence-electron chi connectivity index (χ3n) is 3.10. The van der Waals surface area contributed by atoms with Crippen LogP contribution in [0.15, 0.2) is 0 Å². The van der Waals surface area contributed by atoms with E-state index in [9.17, 15) is 0 Å². The molecule has 0 aromatic carbocycles. The third-order valence-corrected chi connectivity index (χ3v) is 3.10. The second kappa shape index (κ2) is 6.85. The fourth-order valence-corrected chi connectivity index (χ4v) is 1.95. The van der Waals surface area contributed by atoms with Gasteiger partial charge in [0, 0.05) is 38.4 Å².